The highest BCUT2D eigenvalue weighted by Gasteiger charge is 2.23. The van der Waals surface area contributed by atoms with Crippen molar-refractivity contribution in [2.75, 3.05) is 0 Å². The number of fused-ring (bicyclic) bond motifs is 1. The van der Waals surface area contributed by atoms with E-state index < -0.39 is 0 Å². The second-order valence-corrected chi connectivity index (χ2v) is 5.67. The average molecular weight is 292 g/mol. The SMILES string of the molecule is O=C(/C=C1\CCc2ccc(Br)cc21)NC1CC1. The predicted octanol–water partition coefficient (Wildman–Crippen LogP) is 3.06. The van der Waals surface area contributed by atoms with E-state index in [0.717, 1.165) is 30.2 Å². The van der Waals surface area contributed by atoms with E-state index in [9.17, 15) is 4.79 Å². The minimum Gasteiger partial charge on any atom is -0.350 e. The molecule has 0 bridgehead atoms. The number of amides is 1. The van der Waals surface area contributed by atoms with Crippen molar-refractivity contribution in [3.63, 3.8) is 0 Å². The van der Waals surface area contributed by atoms with Crippen LogP contribution in [0.2, 0.25) is 0 Å². The van der Waals surface area contributed by atoms with E-state index in [4.69, 9.17) is 0 Å². The summed E-state index contributed by atoms with van der Waals surface area (Å²) in [5.74, 6) is 0.0651. The number of nitrogens with one attached hydrogen (secondary N) is 1. The lowest BCUT2D eigenvalue weighted by atomic mass is 10.1. The molecule has 0 aliphatic heterocycles. The van der Waals surface area contributed by atoms with Crippen LogP contribution in [0.4, 0.5) is 0 Å². The highest BCUT2D eigenvalue weighted by atomic mass is 79.9. The van der Waals surface area contributed by atoms with Gasteiger partial charge >= 0.3 is 0 Å². The molecule has 2 aliphatic carbocycles. The summed E-state index contributed by atoms with van der Waals surface area (Å²) in [4.78, 5) is 11.7. The van der Waals surface area contributed by atoms with Crippen LogP contribution in [0.5, 0.6) is 0 Å². The number of hydrogen-bond donors (Lipinski definition) is 1. The van der Waals surface area contributed by atoms with Crippen molar-refractivity contribution >= 4 is 27.4 Å². The molecular formula is C14H14BrNO. The predicted molar refractivity (Wildman–Crippen MR) is 71.6 cm³/mol. The van der Waals surface area contributed by atoms with Gasteiger partial charge in [-0.1, -0.05) is 22.0 Å². The Morgan fingerprint density at radius 3 is 2.94 bits per heavy atom. The molecule has 0 saturated heterocycles. The first-order valence-corrected chi connectivity index (χ1v) is 6.81. The van der Waals surface area contributed by atoms with Crippen molar-refractivity contribution in [2.24, 2.45) is 0 Å². The van der Waals surface area contributed by atoms with Gasteiger partial charge in [-0.05, 0) is 54.5 Å². The van der Waals surface area contributed by atoms with Crippen molar-refractivity contribution < 1.29 is 4.79 Å². The van der Waals surface area contributed by atoms with Gasteiger partial charge in [-0.3, -0.25) is 4.79 Å². The molecule has 0 aromatic heterocycles. The number of allylic oxidation sites excluding steroid dienone is 1. The standard InChI is InChI=1S/C14H14BrNO/c15-11-4-3-9-1-2-10(13(9)8-11)7-14(17)16-12-5-6-12/h3-4,7-8,12H,1-2,5-6H2,(H,16,17)/b10-7+. The first kappa shape index (κ1) is 11.0. The summed E-state index contributed by atoms with van der Waals surface area (Å²) in [5.41, 5.74) is 3.74. The van der Waals surface area contributed by atoms with Crippen LogP contribution < -0.4 is 5.32 Å². The first-order chi connectivity index (χ1) is 8.22. The van der Waals surface area contributed by atoms with Crippen molar-refractivity contribution in [1.29, 1.82) is 0 Å². The smallest absolute Gasteiger partial charge is 0.244 e. The van der Waals surface area contributed by atoms with E-state index in [1.54, 1.807) is 6.08 Å². The molecule has 0 spiro atoms. The van der Waals surface area contributed by atoms with Crippen molar-refractivity contribution in [2.45, 2.75) is 31.7 Å². The molecule has 2 aliphatic rings. The lowest BCUT2D eigenvalue weighted by Crippen LogP contribution is -2.23. The van der Waals surface area contributed by atoms with Crippen LogP contribution in [0.3, 0.4) is 0 Å². The van der Waals surface area contributed by atoms with Crippen LogP contribution in [0, 0.1) is 0 Å². The minimum atomic E-state index is 0.0651. The Kier molecular flexibility index (Phi) is 2.79. The van der Waals surface area contributed by atoms with E-state index in [-0.39, 0.29) is 5.91 Å². The lowest BCUT2D eigenvalue weighted by molar-refractivity contribution is -0.116. The Hall–Kier alpha value is -1.09. The maximum Gasteiger partial charge on any atom is 0.244 e. The largest absolute Gasteiger partial charge is 0.350 e. The normalized spacial score (nSPS) is 20.4. The molecule has 88 valence electrons. The lowest BCUT2D eigenvalue weighted by Gasteiger charge is -2.03. The molecule has 1 aromatic carbocycles. The van der Waals surface area contributed by atoms with Crippen LogP contribution >= 0.6 is 15.9 Å². The molecule has 17 heavy (non-hydrogen) atoms. The van der Waals surface area contributed by atoms with Crippen LogP contribution in [-0.4, -0.2) is 11.9 Å². The molecule has 0 atom stereocenters. The molecule has 0 heterocycles. The molecule has 3 rings (SSSR count). The zero-order chi connectivity index (χ0) is 11.8. The summed E-state index contributed by atoms with van der Waals surface area (Å²) >= 11 is 3.48. The first-order valence-electron chi connectivity index (χ1n) is 6.02. The Morgan fingerprint density at radius 2 is 2.18 bits per heavy atom. The Morgan fingerprint density at radius 1 is 1.35 bits per heavy atom. The van der Waals surface area contributed by atoms with Gasteiger partial charge in [0.05, 0.1) is 0 Å². The molecule has 1 saturated carbocycles. The quantitative estimate of drug-likeness (QED) is 0.834. The van der Waals surface area contributed by atoms with Crippen LogP contribution in [0.25, 0.3) is 5.57 Å². The van der Waals surface area contributed by atoms with Gasteiger partial charge in [0.25, 0.3) is 0 Å². The van der Waals surface area contributed by atoms with Gasteiger partial charge in [0.2, 0.25) is 5.91 Å². The molecule has 3 heteroatoms. The Labute approximate surface area is 109 Å². The highest BCUT2D eigenvalue weighted by molar-refractivity contribution is 9.10. The van der Waals surface area contributed by atoms with Crippen LogP contribution in [-0.2, 0) is 11.2 Å². The maximum absolute atomic E-state index is 11.7. The number of carbonyl (C=O) groups is 1. The third-order valence-corrected chi connectivity index (χ3v) is 3.80. The fraction of sp³-hybridized carbons (Fsp3) is 0.357. The van der Waals surface area contributed by atoms with Gasteiger partial charge in [0.15, 0.2) is 0 Å². The van der Waals surface area contributed by atoms with Gasteiger partial charge in [-0.2, -0.15) is 0 Å². The van der Waals surface area contributed by atoms with E-state index in [1.165, 1.54) is 16.7 Å². The molecular weight excluding hydrogens is 278 g/mol. The minimum absolute atomic E-state index is 0.0651. The summed E-state index contributed by atoms with van der Waals surface area (Å²) in [6.07, 6.45) is 6.07. The molecule has 1 fully saturated rings. The topological polar surface area (TPSA) is 29.1 Å². The molecule has 1 amide bonds. The molecule has 2 nitrogen and oxygen atoms in total. The summed E-state index contributed by atoms with van der Waals surface area (Å²) in [5, 5.41) is 3.00. The van der Waals surface area contributed by atoms with Crippen LogP contribution in [0.1, 0.15) is 30.4 Å². The zero-order valence-corrected chi connectivity index (χ0v) is 11.1. The average Bonchev–Trinajstić information content (AvgIpc) is 3.01. The van der Waals surface area contributed by atoms with Gasteiger partial charge in [-0.25, -0.2) is 0 Å². The van der Waals surface area contributed by atoms with Gasteiger partial charge in [0.1, 0.15) is 0 Å². The Bertz CT molecular complexity index is 503. The highest BCUT2D eigenvalue weighted by Crippen LogP contribution is 2.34. The van der Waals surface area contributed by atoms with Crippen molar-refractivity contribution in [3.8, 4) is 0 Å². The zero-order valence-electron chi connectivity index (χ0n) is 9.50. The second kappa shape index (κ2) is 4.30. The van der Waals surface area contributed by atoms with Crippen LogP contribution in [0.15, 0.2) is 28.7 Å². The fourth-order valence-corrected chi connectivity index (χ4v) is 2.61. The number of hydrogen-bond acceptors (Lipinski definition) is 1. The Balaban J connectivity index is 1.83. The summed E-state index contributed by atoms with van der Waals surface area (Å²) in [6, 6.07) is 6.74. The number of halogens is 1. The monoisotopic (exact) mass is 291 g/mol. The third-order valence-electron chi connectivity index (χ3n) is 3.31. The third kappa shape index (κ3) is 2.44. The van der Waals surface area contributed by atoms with Crippen molar-refractivity contribution in [1.82, 2.24) is 5.32 Å². The van der Waals surface area contributed by atoms with E-state index in [2.05, 4.69) is 39.4 Å². The number of benzene rings is 1. The van der Waals surface area contributed by atoms with Gasteiger partial charge in [-0.15, -0.1) is 0 Å². The summed E-state index contributed by atoms with van der Waals surface area (Å²) in [6.45, 7) is 0. The molecule has 0 unspecified atom stereocenters. The number of aryl methyl sites for hydroxylation is 1. The van der Waals surface area contributed by atoms with E-state index in [1.807, 2.05) is 0 Å². The number of rotatable bonds is 2. The molecule has 1 N–H and O–H groups in total. The van der Waals surface area contributed by atoms with Crippen molar-refractivity contribution in [3.05, 3.63) is 39.9 Å². The van der Waals surface area contributed by atoms with Gasteiger partial charge in [0, 0.05) is 16.6 Å². The molecule has 1 aromatic rings. The molecule has 0 radical (unpaired) electrons. The van der Waals surface area contributed by atoms with Gasteiger partial charge < -0.3 is 5.32 Å². The maximum atomic E-state index is 11.7. The fourth-order valence-electron chi connectivity index (χ4n) is 2.25. The van der Waals surface area contributed by atoms with E-state index in [0.29, 0.717) is 6.04 Å². The summed E-state index contributed by atoms with van der Waals surface area (Å²) in [7, 11) is 0. The second-order valence-electron chi connectivity index (χ2n) is 4.75. The number of carbonyl (C=O) groups excluding carboxylic acids is 1. The van der Waals surface area contributed by atoms with E-state index >= 15 is 0 Å². The summed E-state index contributed by atoms with van der Waals surface area (Å²) < 4.78 is 1.08.